The molecule has 2 amide bonds. The summed E-state index contributed by atoms with van der Waals surface area (Å²) in [6.07, 6.45) is -1.07. The number of carboxylic acids is 1. The summed E-state index contributed by atoms with van der Waals surface area (Å²) >= 11 is 0. The molecule has 33 heavy (non-hydrogen) atoms. The second kappa shape index (κ2) is 8.82. The predicted molar refractivity (Wildman–Crippen MR) is 110 cm³/mol. The van der Waals surface area contributed by atoms with E-state index in [1.807, 2.05) is 42.2 Å². The van der Waals surface area contributed by atoms with Crippen LogP contribution in [-0.2, 0) is 19.1 Å². The molecule has 4 aliphatic rings. The Labute approximate surface area is 214 Å². The van der Waals surface area contributed by atoms with E-state index in [1.54, 1.807) is 6.92 Å². The van der Waals surface area contributed by atoms with Crippen LogP contribution in [0.2, 0.25) is 0 Å². The van der Waals surface area contributed by atoms with E-state index in [0.29, 0.717) is 18.5 Å². The summed E-state index contributed by atoms with van der Waals surface area (Å²) in [7, 11) is 1.52. The van der Waals surface area contributed by atoms with Crippen LogP contribution in [0, 0.1) is 23.7 Å². The van der Waals surface area contributed by atoms with Crippen LogP contribution in [0.5, 0.6) is 0 Å². The van der Waals surface area contributed by atoms with Crippen molar-refractivity contribution in [2.24, 2.45) is 23.7 Å². The number of β-lactam (4-membered cyclic amide) rings is 1. The van der Waals surface area contributed by atoms with E-state index in [9.17, 15) is 24.6 Å². The summed E-state index contributed by atoms with van der Waals surface area (Å²) in [6, 6.07) is 9.20. The average molecular weight is 462 g/mol. The minimum Gasteiger partial charge on any atom is -0.543 e. The molecule has 0 spiro atoms. The number of aliphatic hydroxyl groups excluding tert-OH is 1. The summed E-state index contributed by atoms with van der Waals surface area (Å²) in [5, 5.41) is 22.3. The van der Waals surface area contributed by atoms with Gasteiger partial charge in [-0.15, -0.1) is 0 Å². The molecule has 8 nitrogen and oxygen atoms in total. The Kier molecular flexibility index (Phi) is 6.52. The molecule has 170 valence electrons. The number of fused-ring (bicyclic) bond motifs is 4. The fourth-order valence-corrected chi connectivity index (χ4v) is 6.53. The van der Waals surface area contributed by atoms with Gasteiger partial charge in [-0.1, -0.05) is 30.3 Å². The Balaban J connectivity index is 0.00000259. The molecule has 3 heterocycles. The molecule has 9 heteroatoms. The molecule has 0 radical (unpaired) electrons. The van der Waals surface area contributed by atoms with Gasteiger partial charge in [-0.25, -0.2) is 0 Å². The zero-order valence-corrected chi connectivity index (χ0v) is 21.3. The SMILES string of the molecule is CO[C@H]1C2=C(C(=O)[O-])N3C(=O)[C@H]([C@@H](C)O)C3[C@H]2C[C@@H]2C(=O)N([C@@H](C)c3ccccc3)C[C@@H]21.[Na+]. The number of benzene rings is 1. The van der Waals surface area contributed by atoms with Gasteiger partial charge in [0.2, 0.25) is 11.8 Å². The second-order valence-electron chi connectivity index (χ2n) is 9.40. The molecule has 1 aromatic rings. The molecular formula is C24H27N2NaO6. The van der Waals surface area contributed by atoms with Gasteiger partial charge in [0.15, 0.2) is 0 Å². The van der Waals surface area contributed by atoms with Crippen LogP contribution in [0.3, 0.4) is 0 Å². The van der Waals surface area contributed by atoms with Gasteiger partial charge in [-0.3, -0.25) is 9.59 Å². The first kappa shape index (κ1) is 24.4. The monoisotopic (exact) mass is 462 g/mol. The predicted octanol–water partition coefficient (Wildman–Crippen LogP) is -2.91. The van der Waals surface area contributed by atoms with Crippen molar-refractivity contribution in [3.05, 3.63) is 47.2 Å². The maximum absolute atomic E-state index is 13.5. The first-order valence-corrected chi connectivity index (χ1v) is 11.1. The van der Waals surface area contributed by atoms with Crippen molar-refractivity contribution < 1.29 is 58.9 Å². The largest absolute Gasteiger partial charge is 1.00 e. The minimum atomic E-state index is -1.41. The Bertz CT molecular complexity index is 1010. The van der Waals surface area contributed by atoms with Gasteiger partial charge in [-0.2, -0.15) is 0 Å². The molecule has 0 bridgehead atoms. The first-order chi connectivity index (χ1) is 15.3. The molecule has 5 rings (SSSR count). The van der Waals surface area contributed by atoms with Gasteiger partial charge in [-0.05, 0) is 31.4 Å². The molecule has 1 aromatic carbocycles. The summed E-state index contributed by atoms with van der Waals surface area (Å²) in [5.74, 6) is -3.36. The van der Waals surface area contributed by atoms with E-state index in [1.165, 1.54) is 12.0 Å². The van der Waals surface area contributed by atoms with Crippen LogP contribution in [0.1, 0.15) is 31.9 Å². The Morgan fingerprint density at radius 2 is 1.82 bits per heavy atom. The first-order valence-electron chi connectivity index (χ1n) is 11.1. The van der Waals surface area contributed by atoms with Crippen molar-refractivity contribution in [3.8, 4) is 0 Å². The standard InChI is InChI=1S/C24H28N2O6.Na/c1-11(13-7-5-4-6-8-13)25-10-16-14(22(25)28)9-15-18(21(16)32-3)20(24(30)31)26-19(15)17(12(2)27)23(26)29;/h4-8,11-12,14-17,19,21,27H,9-10H2,1-3H3,(H,30,31);/q;+1/p-1/t11-,12+,14-,15-,16-,17+,19?,21+;/m0./s1. The quantitative estimate of drug-likeness (QED) is 0.371. The normalized spacial score (nSPS) is 34.2. The number of aliphatic hydroxyl groups is 1. The van der Waals surface area contributed by atoms with Crippen LogP contribution in [0.15, 0.2) is 41.6 Å². The maximum atomic E-state index is 13.5. The molecule has 1 N–H and O–H groups in total. The zero-order chi connectivity index (χ0) is 22.9. The summed E-state index contributed by atoms with van der Waals surface area (Å²) in [6.45, 7) is 3.99. The minimum absolute atomic E-state index is 0. The van der Waals surface area contributed by atoms with E-state index in [4.69, 9.17) is 4.74 Å². The van der Waals surface area contributed by atoms with Crippen molar-refractivity contribution >= 4 is 17.8 Å². The van der Waals surface area contributed by atoms with Crippen molar-refractivity contribution in [3.63, 3.8) is 0 Å². The molecule has 3 aliphatic heterocycles. The van der Waals surface area contributed by atoms with Crippen LogP contribution >= 0.6 is 0 Å². The van der Waals surface area contributed by atoms with Gasteiger partial charge >= 0.3 is 29.6 Å². The third kappa shape index (κ3) is 3.41. The van der Waals surface area contributed by atoms with E-state index in [0.717, 1.165) is 5.56 Å². The van der Waals surface area contributed by atoms with E-state index in [2.05, 4.69) is 0 Å². The van der Waals surface area contributed by atoms with Crippen LogP contribution < -0.4 is 34.7 Å². The molecule has 1 unspecified atom stereocenters. The third-order valence-electron chi connectivity index (χ3n) is 7.96. The van der Waals surface area contributed by atoms with Gasteiger partial charge < -0.3 is 29.5 Å². The molecule has 1 aliphatic carbocycles. The van der Waals surface area contributed by atoms with Gasteiger partial charge in [0.1, 0.15) is 0 Å². The van der Waals surface area contributed by atoms with Crippen molar-refractivity contribution in [2.75, 3.05) is 13.7 Å². The number of rotatable bonds is 5. The van der Waals surface area contributed by atoms with Gasteiger partial charge in [0.25, 0.3) is 0 Å². The number of nitrogens with zero attached hydrogens (tertiary/aromatic N) is 2. The Morgan fingerprint density at radius 1 is 1.15 bits per heavy atom. The number of methoxy groups -OCH3 is 1. The van der Waals surface area contributed by atoms with Crippen LogP contribution in [-0.4, -0.2) is 64.6 Å². The number of ether oxygens (including phenoxy) is 1. The number of carbonyl (C=O) groups excluding carboxylic acids is 3. The zero-order valence-electron chi connectivity index (χ0n) is 19.3. The maximum Gasteiger partial charge on any atom is 1.00 e. The second-order valence-corrected chi connectivity index (χ2v) is 9.40. The molecule has 8 atom stereocenters. The van der Waals surface area contributed by atoms with Crippen molar-refractivity contribution in [2.45, 2.75) is 44.6 Å². The fraction of sp³-hybridized carbons (Fsp3) is 0.542. The number of hydrogen-bond donors (Lipinski definition) is 1. The van der Waals surface area contributed by atoms with E-state index < -0.39 is 36.0 Å². The van der Waals surface area contributed by atoms with E-state index in [-0.39, 0.29) is 65.0 Å². The molecule has 1 saturated carbocycles. The third-order valence-corrected chi connectivity index (χ3v) is 7.96. The number of aliphatic carboxylic acids is 1. The van der Waals surface area contributed by atoms with Crippen molar-refractivity contribution in [1.29, 1.82) is 0 Å². The number of likely N-dealkylation sites (tertiary alicyclic amines) is 1. The van der Waals surface area contributed by atoms with Crippen molar-refractivity contribution in [1.82, 2.24) is 9.80 Å². The summed E-state index contributed by atoms with van der Waals surface area (Å²) in [5.41, 5.74) is 1.44. The molecule has 0 aromatic heterocycles. The number of hydrogen-bond acceptors (Lipinski definition) is 6. The number of carbonyl (C=O) groups is 3. The Morgan fingerprint density at radius 3 is 2.39 bits per heavy atom. The fourth-order valence-electron chi connectivity index (χ4n) is 6.53. The number of carboxylic acid groups (broad SMARTS) is 1. The molecule has 2 saturated heterocycles. The van der Waals surface area contributed by atoms with Gasteiger partial charge in [0.05, 0.1) is 41.9 Å². The smallest absolute Gasteiger partial charge is 0.543 e. The topological polar surface area (TPSA) is 110 Å². The summed E-state index contributed by atoms with van der Waals surface area (Å²) in [4.78, 5) is 41.4. The number of amides is 2. The summed E-state index contributed by atoms with van der Waals surface area (Å²) < 4.78 is 5.81. The average Bonchev–Trinajstić information content (AvgIpc) is 3.25. The van der Waals surface area contributed by atoms with Crippen LogP contribution in [0.4, 0.5) is 0 Å². The van der Waals surface area contributed by atoms with E-state index >= 15 is 0 Å². The molecule has 3 fully saturated rings. The Hall–Kier alpha value is -1.71. The molecular weight excluding hydrogens is 435 g/mol. The van der Waals surface area contributed by atoms with Gasteiger partial charge in [0, 0.05) is 31.4 Å². The van der Waals surface area contributed by atoms with Crippen LogP contribution in [0.25, 0.3) is 0 Å².